The van der Waals surface area contributed by atoms with E-state index in [0.717, 1.165) is 5.01 Å². The Labute approximate surface area is 154 Å². The Hall–Kier alpha value is -2.47. The van der Waals surface area contributed by atoms with Gasteiger partial charge in [-0.25, -0.2) is 0 Å². The lowest BCUT2D eigenvalue weighted by Crippen LogP contribution is -2.65. The number of ketones is 1. The van der Waals surface area contributed by atoms with Gasteiger partial charge >= 0.3 is 0 Å². The van der Waals surface area contributed by atoms with Crippen molar-refractivity contribution >= 4 is 11.8 Å². The maximum atomic E-state index is 12.3. The van der Waals surface area contributed by atoms with E-state index in [9.17, 15) is 34.9 Å². The molecule has 1 aliphatic rings. The topological polar surface area (TPSA) is 164 Å². The lowest BCUT2D eigenvalue weighted by atomic mass is 9.97. The van der Waals surface area contributed by atoms with Crippen LogP contribution in [0.4, 0.5) is 0 Å². The molecule has 0 spiro atoms. The monoisotopic (exact) mass is 383 g/mol. The fourth-order valence-corrected chi connectivity index (χ4v) is 2.77. The van der Waals surface area contributed by atoms with E-state index in [2.05, 4.69) is 5.29 Å². The molecule has 3 N–H and O–H groups in total. The third-order valence-corrected chi connectivity index (χ3v) is 4.28. The van der Waals surface area contributed by atoms with Gasteiger partial charge in [-0.05, 0) is 12.5 Å². The summed E-state index contributed by atoms with van der Waals surface area (Å²) in [4.78, 5) is 33.7. The molecule has 1 fully saturated rings. The summed E-state index contributed by atoms with van der Waals surface area (Å²) in [5, 5.41) is 44.6. The molecule has 0 amide bonds. The van der Waals surface area contributed by atoms with Crippen molar-refractivity contribution in [2.24, 2.45) is 5.29 Å². The Morgan fingerprint density at radius 3 is 2.63 bits per heavy atom. The number of nitroso groups, excluding NO2 is 1. The fraction of sp³-hybridized carbons (Fsp3) is 0.562. The number of carboxylic acid groups (broad SMARTS) is 1. The average Bonchev–Trinajstić information content (AvgIpc) is 2.65. The van der Waals surface area contributed by atoms with E-state index in [1.807, 2.05) is 0 Å². The van der Waals surface area contributed by atoms with Crippen LogP contribution in [0.1, 0.15) is 29.4 Å². The SMILES string of the molecule is CN(CCCC(=O)c1ccc[n+]([C@@H]2OC(C(=O)[O-])[C@@H](O)C(O)[C@H]2O)c1)N=O. The minimum Gasteiger partial charge on any atom is -0.547 e. The number of aliphatic hydroxyl groups is 3. The van der Waals surface area contributed by atoms with E-state index in [-0.39, 0.29) is 17.8 Å². The van der Waals surface area contributed by atoms with Gasteiger partial charge < -0.3 is 30.0 Å². The largest absolute Gasteiger partial charge is 0.547 e. The molecule has 1 aromatic rings. The number of ether oxygens (including phenoxy) is 1. The summed E-state index contributed by atoms with van der Waals surface area (Å²) in [6, 6.07) is 3.02. The Bertz CT molecular complexity index is 700. The van der Waals surface area contributed by atoms with Crippen LogP contribution in [-0.4, -0.2) is 70.1 Å². The average molecular weight is 383 g/mol. The van der Waals surface area contributed by atoms with Crippen LogP contribution in [0.25, 0.3) is 0 Å². The highest BCUT2D eigenvalue weighted by Gasteiger charge is 2.48. The quantitative estimate of drug-likeness (QED) is 0.187. The number of hydrogen-bond acceptors (Lipinski definition) is 9. The molecule has 11 heteroatoms. The first-order valence-corrected chi connectivity index (χ1v) is 8.25. The number of pyridine rings is 1. The van der Waals surface area contributed by atoms with Gasteiger partial charge in [0.1, 0.15) is 18.3 Å². The fourth-order valence-electron chi connectivity index (χ4n) is 2.77. The Morgan fingerprint density at radius 2 is 2.00 bits per heavy atom. The number of Topliss-reactive ketones (excluding diaryl/α,β-unsaturated/α-hetero) is 1. The van der Waals surface area contributed by atoms with Crippen LogP contribution in [0.2, 0.25) is 0 Å². The first kappa shape index (κ1) is 20.8. The van der Waals surface area contributed by atoms with Crippen molar-refractivity contribution in [2.75, 3.05) is 13.6 Å². The zero-order chi connectivity index (χ0) is 20.1. The normalized spacial score (nSPS) is 27.8. The van der Waals surface area contributed by atoms with Gasteiger partial charge in [-0.3, -0.25) is 9.80 Å². The van der Waals surface area contributed by atoms with Crippen molar-refractivity contribution in [3.05, 3.63) is 35.0 Å². The first-order chi connectivity index (χ1) is 12.8. The number of nitrogens with zero attached hydrogens (tertiary/aromatic N) is 3. The van der Waals surface area contributed by atoms with Gasteiger partial charge in [-0.15, -0.1) is 4.91 Å². The Balaban J connectivity index is 2.14. The minimum absolute atomic E-state index is 0.140. The molecule has 27 heavy (non-hydrogen) atoms. The number of rotatable bonds is 8. The van der Waals surface area contributed by atoms with Gasteiger partial charge in [0.05, 0.1) is 16.8 Å². The highest BCUT2D eigenvalue weighted by Crippen LogP contribution is 2.24. The van der Waals surface area contributed by atoms with Crippen LogP contribution >= 0.6 is 0 Å². The zero-order valence-corrected chi connectivity index (χ0v) is 14.5. The molecule has 0 saturated carbocycles. The van der Waals surface area contributed by atoms with Gasteiger partial charge in [0.25, 0.3) is 6.23 Å². The Kier molecular flexibility index (Phi) is 6.91. The van der Waals surface area contributed by atoms with Gasteiger partial charge in [-0.2, -0.15) is 4.57 Å². The van der Waals surface area contributed by atoms with Crippen LogP contribution in [0.5, 0.6) is 0 Å². The lowest BCUT2D eigenvalue weighted by molar-refractivity contribution is -0.777. The molecule has 0 aliphatic carbocycles. The van der Waals surface area contributed by atoms with Crippen LogP contribution < -0.4 is 9.67 Å². The third-order valence-electron chi connectivity index (χ3n) is 4.28. The number of hydrogen-bond donors (Lipinski definition) is 3. The number of aromatic nitrogens is 1. The van der Waals surface area contributed by atoms with Crippen LogP contribution in [-0.2, 0) is 9.53 Å². The van der Waals surface area contributed by atoms with Crippen molar-refractivity contribution in [1.29, 1.82) is 0 Å². The van der Waals surface area contributed by atoms with E-state index in [0.29, 0.717) is 13.0 Å². The highest BCUT2D eigenvalue weighted by molar-refractivity contribution is 5.95. The van der Waals surface area contributed by atoms with Crippen LogP contribution in [0.15, 0.2) is 29.8 Å². The van der Waals surface area contributed by atoms with Crippen molar-refractivity contribution in [3.63, 3.8) is 0 Å². The molecule has 1 saturated heterocycles. The number of carbonyl (C=O) groups excluding carboxylic acids is 2. The maximum Gasteiger partial charge on any atom is 0.292 e. The van der Waals surface area contributed by atoms with Crippen LogP contribution in [0, 0.1) is 4.91 Å². The van der Waals surface area contributed by atoms with Gasteiger partial charge in [0, 0.05) is 26.1 Å². The second-order valence-electron chi connectivity index (χ2n) is 6.27. The molecular weight excluding hydrogens is 362 g/mol. The minimum atomic E-state index is -1.85. The summed E-state index contributed by atoms with van der Waals surface area (Å²) in [6.45, 7) is 0.309. The molecule has 1 aromatic heterocycles. The van der Waals surface area contributed by atoms with Crippen molar-refractivity contribution in [3.8, 4) is 0 Å². The predicted octanol–water partition coefficient (Wildman–Crippen LogP) is -2.72. The highest BCUT2D eigenvalue weighted by atomic mass is 16.6. The second kappa shape index (κ2) is 8.95. The summed E-state index contributed by atoms with van der Waals surface area (Å²) in [5.74, 6) is -1.98. The smallest absolute Gasteiger partial charge is 0.292 e. The van der Waals surface area contributed by atoms with Gasteiger partial charge in [0.2, 0.25) is 0 Å². The molecule has 11 nitrogen and oxygen atoms in total. The number of aliphatic hydroxyl groups excluding tert-OH is 3. The third kappa shape index (κ3) is 4.83. The van der Waals surface area contributed by atoms with Crippen molar-refractivity contribution < 1.29 is 39.3 Å². The molecule has 0 aromatic carbocycles. The van der Waals surface area contributed by atoms with Gasteiger partial charge in [-0.1, -0.05) is 0 Å². The molecule has 0 bridgehead atoms. The van der Waals surface area contributed by atoms with E-state index >= 15 is 0 Å². The maximum absolute atomic E-state index is 12.3. The van der Waals surface area contributed by atoms with E-state index < -0.39 is 36.6 Å². The first-order valence-electron chi connectivity index (χ1n) is 8.25. The van der Waals surface area contributed by atoms with Gasteiger partial charge in [0.15, 0.2) is 24.3 Å². The van der Waals surface area contributed by atoms with E-state index in [1.54, 1.807) is 0 Å². The molecule has 2 unspecified atom stereocenters. The molecule has 2 heterocycles. The molecular formula is C16H21N3O8. The Morgan fingerprint density at radius 1 is 1.30 bits per heavy atom. The summed E-state index contributed by atoms with van der Waals surface area (Å²) in [7, 11) is 1.49. The molecule has 2 rings (SSSR count). The summed E-state index contributed by atoms with van der Waals surface area (Å²) in [6.07, 6.45) is -5.13. The standard InChI is InChI=1S/C16H21N3O8/c1-18(17-26)6-3-5-10(20)9-4-2-7-19(8-9)15-13(23)11(21)12(22)14(27-15)16(24)25/h2,4,7-8,11-15,21-23H,3,5-6H2,1H3/t11?,12-,13+,14?,15+/m0/s1. The van der Waals surface area contributed by atoms with E-state index in [1.165, 1.54) is 36.1 Å². The summed E-state index contributed by atoms with van der Waals surface area (Å²) in [5.41, 5.74) is 0.264. The lowest BCUT2D eigenvalue weighted by Gasteiger charge is -2.37. The van der Waals surface area contributed by atoms with E-state index in [4.69, 9.17) is 4.74 Å². The zero-order valence-electron chi connectivity index (χ0n) is 14.5. The number of carbonyl (C=O) groups is 2. The predicted molar refractivity (Wildman–Crippen MR) is 85.6 cm³/mol. The molecule has 1 aliphatic heterocycles. The van der Waals surface area contributed by atoms with Crippen molar-refractivity contribution in [2.45, 2.75) is 43.5 Å². The molecule has 148 valence electrons. The number of aliphatic carboxylic acids is 1. The molecule has 5 atom stereocenters. The molecule has 0 radical (unpaired) electrons. The summed E-state index contributed by atoms with van der Waals surface area (Å²) < 4.78 is 6.40. The number of carboxylic acids is 1. The van der Waals surface area contributed by atoms with Crippen molar-refractivity contribution in [1.82, 2.24) is 5.01 Å². The summed E-state index contributed by atoms with van der Waals surface area (Å²) >= 11 is 0. The second-order valence-corrected chi connectivity index (χ2v) is 6.27. The van der Waals surface area contributed by atoms with Crippen LogP contribution in [0.3, 0.4) is 0 Å².